The Hall–Kier alpha value is -3.18. The van der Waals surface area contributed by atoms with Crippen molar-refractivity contribution in [3.05, 3.63) is 95.6 Å². The van der Waals surface area contributed by atoms with Crippen molar-refractivity contribution in [3.63, 3.8) is 0 Å². The van der Waals surface area contributed by atoms with Gasteiger partial charge in [-0.25, -0.2) is 9.37 Å². The van der Waals surface area contributed by atoms with Gasteiger partial charge in [-0.2, -0.15) is 0 Å². The number of hydrogen-bond acceptors (Lipinski definition) is 3. The van der Waals surface area contributed by atoms with Crippen LogP contribution in [-0.4, -0.2) is 34.7 Å². The van der Waals surface area contributed by atoms with Gasteiger partial charge in [-0.3, -0.25) is 4.90 Å². The first-order valence-electron chi connectivity index (χ1n) is 11.7. The van der Waals surface area contributed by atoms with Gasteiger partial charge < -0.3 is 9.30 Å². The third kappa shape index (κ3) is 5.09. The molecule has 0 unspecified atom stereocenters. The minimum absolute atomic E-state index is 0.210. The first kappa shape index (κ1) is 21.7. The van der Waals surface area contributed by atoms with Crippen LogP contribution in [0.2, 0.25) is 0 Å². The average Bonchev–Trinajstić information content (AvgIpc) is 3.18. The molecule has 3 aromatic carbocycles. The fourth-order valence-corrected chi connectivity index (χ4v) is 4.83. The Morgan fingerprint density at radius 2 is 1.64 bits per heavy atom. The number of imidazole rings is 1. The van der Waals surface area contributed by atoms with Crippen molar-refractivity contribution in [2.24, 2.45) is 5.92 Å². The molecule has 0 spiro atoms. The molecule has 0 amide bonds. The standard InChI is InChI=1S/C28H30FN3O/c1-33-25-11-12-26-27(18-25)32(20-23-7-9-24(29)10-8-23)28(30-26)17-21-13-15-31(16-14-21)19-22-5-3-2-4-6-22/h2-12,18,21H,13-17,19-20H2,1H3. The molecule has 0 atom stereocenters. The van der Waals surface area contributed by atoms with Gasteiger partial charge in [0, 0.05) is 25.6 Å². The maximum absolute atomic E-state index is 13.4. The summed E-state index contributed by atoms with van der Waals surface area (Å²) >= 11 is 0. The maximum atomic E-state index is 13.4. The molecule has 1 aliphatic rings. The summed E-state index contributed by atoms with van der Waals surface area (Å²) in [6.45, 7) is 3.93. The van der Waals surface area contributed by atoms with E-state index in [2.05, 4.69) is 45.9 Å². The third-order valence-corrected chi connectivity index (χ3v) is 6.72. The molecular weight excluding hydrogens is 413 g/mol. The van der Waals surface area contributed by atoms with Gasteiger partial charge >= 0.3 is 0 Å². The van der Waals surface area contributed by atoms with E-state index >= 15 is 0 Å². The van der Waals surface area contributed by atoms with Gasteiger partial charge in [0.25, 0.3) is 0 Å². The van der Waals surface area contributed by atoms with Gasteiger partial charge in [0.05, 0.1) is 18.1 Å². The van der Waals surface area contributed by atoms with Crippen LogP contribution in [0.5, 0.6) is 5.75 Å². The molecule has 0 radical (unpaired) electrons. The Kier molecular flexibility index (Phi) is 6.40. The molecule has 0 N–H and O–H groups in total. The minimum Gasteiger partial charge on any atom is -0.497 e. The summed E-state index contributed by atoms with van der Waals surface area (Å²) < 4.78 is 21.2. The highest BCUT2D eigenvalue weighted by Gasteiger charge is 2.22. The molecule has 33 heavy (non-hydrogen) atoms. The van der Waals surface area contributed by atoms with Gasteiger partial charge in [-0.15, -0.1) is 0 Å². The Labute approximate surface area is 194 Å². The number of ether oxygens (including phenoxy) is 1. The Bertz CT molecular complexity index is 1200. The predicted octanol–water partition coefficient (Wildman–Crippen LogP) is 5.69. The van der Waals surface area contributed by atoms with Crippen LogP contribution in [0.15, 0.2) is 72.8 Å². The van der Waals surface area contributed by atoms with Gasteiger partial charge in [0.2, 0.25) is 0 Å². The third-order valence-electron chi connectivity index (χ3n) is 6.72. The summed E-state index contributed by atoms with van der Waals surface area (Å²) in [6, 6.07) is 23.5. The van der Waals surface area contributed by atoms with Crippen LogP contribution in [0, 0.1) is 11.7 Å². The van der Waals surface area contributed by atoms with Crippen molar-refractivity contribution in [1.29, 1.82) is 0 Å². The SMILES string of the molecule is COc1ccc2nc(CC3CCN(Cc4ccccc4)CC3)n(Cc3ccc(F)cc3)c2c1. The lowest BCUT2D eigenvalue weighted by molar-refractivity contribution is 0.175. The number of fused-ring (bicyclic) bond motifs is 1. The van der Waals surface area contributed by atoms with E-state index in [1.807, 2.05) is 24.3 Å². The second-order valence-electron chi connectivity index (χ2n) is 9.00. The highest BCUT2D eigenvalue weighted by Crippen LogP contribution is 2.28. The number of methoxy groups -OCH3 is 1. The lowest BCUT2D eigenvalue weighted by Crippen LogP contribution is -2.34. The summed E-state index contributed by atoms with van der Waals surface area (Å²) in [7, 11) is 1.69. The van der Waals surface area contributed by atoms with Gasteiger partial charge in [-0.05, 0) is 67.2 Å². The zero-order valence-electron chi connectivity index (χ0n) is 19.1. The molecule has 4 aromatic rings. The molecular formula is C28H30FN3O. The van der Waals surface area contributed by atoms with Crippen LogP contribution in [0.1, 0.15) is 29.8 Å². The predicted molar refractivity (Wildman–Crippen MR) is 130 cm³/mol. The average molecular weight is 444 g/mol. The maximum Gasteiger partial charge on any atom is 0.123 e. The van der Waals surface area contributed by atoms with Crippen molar-refractivity contribution in [3.8, 4) is 5.75 Å². The van der Waals surface area contributed by atoms with E-state index in [-0.39, 0.29) is 5.82 Å². The fourth-order valence-electron chi connectivity index (χ4n) is 4.83. The van der Waals surface area contributed by atoms with Crippen LogP contribution >= 0.6 is 0 Å². The fraction of sp³-hybridized carbons (Fsp3) is 0.321. The van der Waals surface area contributed by atoms with Crippen LogP contribution in [0.4, 0.5) is 4.39 Å². The molecule has 1 saturated heterocycles. The Morgan fingerprint density at radius 1 is 0.909 bits per heavy atom. The summed E-state index contributed by atoms with van der Waals surface area (Å²) in [5.74, 6) is 2.33. The molecule has 0 aliphatic carbocycles. The van der Waals surface area contributed by atoms with Crippen LogP contribution in [0.3, 0.4) is 0 Å². The molecule has 5 heteroatoms. The molecule has 1 aromatic heterocycles. The van der Waals surface area contributed by atoms with E-state index in [1.165, 1.54) is 30.5 Å². The number of likely N-dealkylation sites (tertiary alicyclic amines) is 1. The van der Waals surface area contributed by atoms with E-state index < -0.39 is 0 Å². The van der Waals surface area contributed by atoms with E-state index in [1.54, 1.807) is 7.11 Å². The number of piperidine rings is 1. The summed E-state index contributed by atoms with van der Waals surface area (Å²) in [5.41, 5.74) is 4.49. The first-order valence-corrected chi connectivity index (χ1v) is 11.7. The van der Waals surface area contributed by atoms with Crippen molar-refractivity contribution in [1.82, 2.24) is 14.5 Å². The highest BCUT2D eigenvalue weighted by molar-refractivity contribution is 5.78. The van der Waals surface area contributed by atoms with E-state index in [0.717, 1.165) is 54.2 Å². The van der Waals surface area contributed by atoms with E-state index in [0.29, 0.717) is 12.5 Å². The zero-order valence-corrected chi connectivity index (χ0v) is 19.1. The van der Waals surface area contributed by atoms with Crippen molar-refractivity contribution in [2.75, 3.05) is 20.2 Å². The summed E-state index contributed by atoms with van der Waals surface area (Å²) in [4.78, 5) is 7.56. The van der Waals surface area contributed by atoms with Crippen LogP contribution < -0.4 is 4.74 Å². The van der Waals surface area contributed by atoms with Crippen molar-refractivity contribution < 1.29 is 9.13 Å². The van der Waals surface area contributed by atoms with Crippen LogP contribution in [0.25, 0.3) is 11.0 Å². The lowest BCUT2D eigenvalue weighted by Gasteiger charge is -2.32. The molecule has 170 valence electrons. The molecule has 2 heterocycles. The van der Waals surface area contributed by atoms with Crippen LogP contribution in [-0.2, 0) is 19.5 Å². The topological polar surface area (TPSA) is 30.3 Å². The molecule has 5 rings (SSSR count). The smallest absolute Gasteiger partial charge is 0.123 e. The van der Waals surface area contributed by atoms with Crippen molar-refractivity contribution in [2.45, 2.75) is 32.4 Å². The monoisotopic (exact) mass is 443 g/mol. The number of halogens is 1. The zero-order chi connectivity index (χ0) is 22.6. The summed E-state index contributed by atoms with van der Waals surface area (Å²) in [5, 5.41) is 0. The normalized spacial score (nSPS) is 15.2. The van der Waals surface area contributed by atoms with Gasteiger partial charge in [0.15, 0.2) is 0 Å². The number of hydrogen-bond donors (Lipinski definition) is 0. The minimum atomic E-state index is -0.210. The second kappa shape index (κ2) is 9.75. The summed E-state index contributed by atoms with van der Waals surface area (Å²) in [6.07, 6.45) is 3.31. The molecule has 1 fully saturated rings. The Morgan fingerprint density at radius 3 is 2.36 bits per heavy atom. The number of aromatic nitrogens is 2. The quantitative estimate of drug-likeness (QED) is 0.368. The van der Waals surface area contributed by atoms with Gasteiger partial charge in [-0.1, -0.05) is 42.5 Å². The molecule has 0 saturated carbocycles. The lowest BCUT2D eigenvalue weighted by atomic mass is 9.93. The largest absolute Gasteiger partial charge is 0.497 e. The Balaban J connectivity index is 1.33. The van der Waals surface area contributed by atoms with E-state index in [4.69, 9.17) is 9.72 Å². The number of nitrogens with zero attached hydrogens (tertiary/aromatic N) is 3. The van der Waals surface area contributed by atoms with Gasteiger partial charge in [0.1, 0.15) is 17.4 Å². The number of benzene rings is 3. The number of rotatable bonds is 7. The van der Waals surface area contributed by atoms with E-state index in [9.17, 15) is 4.39 Å². The molecule has 0 bridgehead atoms. The molecule has 1 aliphatic heterocycles. The van der Waals surface area contributed by atoms with Crippen molar-refractivity contribution >= 4 is 11.0 Å². The molecule has 4 nitrogen and oxygen atoms in total. The highest BCUT2D eigenvalue weighted by atomic mass is 19.1. The second-order valence-corrected chi connectivity index (χ2v) is 9.00. The first-order chi connectivity index (χ1) is 16.2.